The van der Waals surface area contributed by atoms with Gasteiger partial charge in [-0.3, -0.25) is 0 Å². The lowest BCUT2D eigenvalue weighted by Crippen LogP contribution is -2.39. The Morgan fingerprint density at radius 2 is 2.06 bits per heavy atom. The molecule has 0 spiro atoms. The highest BCUT2D eigenvalue weighted by Gasteiger charge is 2.20. The second-order valence-electron chi connectivity index (χ2n) is 7.40. The maximum absolute atomic E-state index is 13.8. The lowest BCUT2D eigenvalue weighted by molar-refractivity contribution is 0.227. The summed E-state index contributed by atoms with van der Waals surface area (Å²) in [5, 5.41) is 5.81. The van der Waals surface area contributed by atoms with E-state index in [4.69, 9.17) is 33.7 Å². The molecular weight excluding hydrogens is 444 g/mol. The third-order valence-electron chi connectivity index (χ3n) is 5.09. The number of nitrogens with two attached hydrogens (primary N) is 1. The Morgan fingerprint density at radius 3 is 2.81 bits per heavy atom. The number of nitrogen functional groups attached to an aromatic ring is 1. The molecule has 3 rings (SSSR count). The number of likely N-dealkylation sites (tertiary alicyclic amines) is 1. The molecule has 1 fully saturated rings. The van der Waals surface area contributed by atoms with Crippen molar-refractivity contribution in [2.75, 3.05) is 31.9 Å². The number of amides is 2. The van der Waals surface area contributed by atoms with Crippen LogP contribution in [0.15, 0.2) is 24.4 Å². The number of nitrogens with one attached hydrogen (secondary N) is 2. The predicted molar refractivity (Wildman–Crippen MR) is 120 cm³/mol. The van der Waals surface area contributed by atoms with Crippen LogP contribution in [0.3, 0.4) is 0 Å². The minimum Gasteiger partial charge on any atom is -0.482 e. The van der Waals surface area contributed by atoms with Gasteiger partial charge in [0.25, 0.3) is 0 Å². The third kappa shape index (κ3) is 6.35. The fourth-order valence-corrected chi connectivity index (χ4v) is 4.11. The Balaban J connectivity index is 1.56. The molecule has 1 saturated heterocycles. The number of hydrogen-bond acceptors (Lipinski definition) is 5. The fourth-order valence-electron chi connectivity index (χ4n) is 3.43. The summed E-state index contributed by atoms with van der Waals surface area (Å²) in [7, 11) is 0. The summed E-state index contributed by atoms with van der Waals surface area (Å²) in [6.45, 7) is 5.55. The van der Waals surface area contributed by atoms with Gasteiger partial charge in [-0.05, 0) is 56.6 Å². The topological polar surface area (TPSA) is 92.5 Å². The molecule has 1 atom stereocenters. The van der Waals surface area contributed by atoms with E-state index in [2.05, 4.69) is 20.5 Å². The summed E-state index contributed by atoms with van der Waals surface area (Å²) in [4.78, 5) is 18.5. The minimum atomic E-state index is -0.670. The first-order valence-electron chi connectivity index (χ1n) is 10.1. The van der Waals surface area contributed by atoms with Gasteiger partial charge in [0, 0.05) is 36.4 Å². The van der Waals surface area contributed by atoms with Crippen molar-refractivity contribution in [2.45, 2.75) is 32.4 Å². The number of hydrogen-bond donors (Lipinski definition) is 3. The van der Waals surface area contributed by atoms with Crippen LogP contribution in [0.1, 0.15) is 37.0 Å². The van der Waals surface area contributed by atoms with Crippen molar-refractivity contribution in [1.29, 1.82) is 0 Å². The molecule has 2 amide bonds. The van der Waals surface area contributed by atoms with Gasteiger partial charge in [0.2, 0.25) is 0 Å². The first-order valence-corrected chi connectivity index (χ1v) is 10.9. The van der Waals surface area contributed by atoms with Crippen molar-refractivity contribution < 1.29 is 13.9 Å². The smallest absolute Gasteiger partial charge is 0.315 e. The van der Waals surface area contributed by atoms with Crippen molar-refractivity contribution in [1.82, 2.24) is 20.5 Å². The molecule has 1 aliphatic heterocycles. The first kappa shape index (κ1) is 23.4. The largest absolute Gasteiger partial charge is 0.482 e. The number of carbonyl (C=O) groups is 1. The van der Waals surface area contributed by atoms with E-state index in [9.17, 15) is 9.18 Å². The Bertz CT molecular complexity index is 925. The van der Waals surface area contributed by atoms with Crippen molar-refractivity contribution in [3.05, 3.63) is 51.4 Å². The molecule has 0 aliphatic carbocycles. The molecule has 2 aromatic rings. The number of halogens is 3. The Morgan fingerprint density at radius 1 is 1.32 bits per heavy atom. The van der Waals surface area contributed by atoms with E-state index in [0.29, 0.717) is 17.7 Å². The van der Waals surface area contributed by atoms with E-state index in [-0.39, 0.29) is 34.2 Å². The Labute approximate surface area is 191 Å². The highest BCUT2D eigenvalue weighted by molar-refractivity contribution is 6.36. The zero-order valence-electron chi connectivity index (χ0n) is 17.3. The van der Waals surface area contributed by atoms with Crippen molar-refractivity contribution in [3.8, 4) is 5.75 Å². The van der Waals surface area contributed by atoms with Gasteiger partial charge >= 0.3 is 6.03 Å². The quantitative estimate of drug-likeness (QED) is 0.505. The second-order valence-corrected chi connectivity index (χ2v) is 8.19. The van der Waals surface area contributed by atoms with E-state index in [1.807, 2.05) is 0 Å². The summed E-state index contributed by atoms with van der Waals surface area (Å²) in [5.74, 6) is -0.136. The number of pyridine rings is 1. The lowest BCUT2D eigenvalue weighted by Gasteiger charge is -2.19. The Kier molecular flexibility index (Phi) is 8.17. The first-order chi connectivity index (χ1) is 14.8. The van der Waals surface area contributed by atoms with E-state index in [1.165, 1.54) is 25.0 Å². The van der Waals surface area contributed by atoms with Gasteiger partial charge in [-0.2, -0.15) is 0 Å². The van der Waals surface area contributed by atoms with Gasteiger partial charge in [-0.25, -0.2) is 14.2 Å². The van der Waals surface area contributed by atoms with Gasteiger partial charge < -0.3 is 26.0 Å². The number of nitrogens with zero attached hydrogens (tertiary/aromatic N) is 2. The van der Waals surface area contributed by atoms with Crippen LogP contribution in [-0.4, -0.2) is 42.1 Å². The second kappa shape index (κ2) is 10.8. The standard InChI is InChI=1S/C21H26Cl2FN5O2/c1-13(18-15(22)4-5-16(24)19(18)23)31-17-10-14(11-27-20(17)25)12-28-21(30)26-6-9-29-7-2-3-8-29/h4-5,10-11,13H,2-3,6-9,12H2,1H3,(H2,25,27)(H2,26,28,30). The average Bonchev–Trinajstić information content (AvgIpc) is 3.25. The number of ether oxygens (including phenoxy) is 1. The van der Waals surface area contributed by atoms with Crippen LogP contribution >= 0.6 is 23.2 Å². The number of aromatic nitrogens is 1. The molecule has 31 heavy (non-hydrogen) atoms. The van der Waals surface area contributed by atoms with Gasteiger partial charge in [0.1, 0.15) is 11.9 Å². The van der Waals surface area contributed by atoms with Crippen LogP contribution in [-0.2, 0) is 6.54 Å². The number of rotatable bonds is 8. The monoisotopic (exact) mass is 469 g/mol. The SMILES string of the molecule is CC(Oc1cc(CNC(=O)NCCN2CCCC2)cnc1N)c1c(Cl)ccc(F)c1Cl. The third-order valence-corrected chi connectivity index (χ3v) is 5.81. The number of urea groups is 1. The maximum atomic E-state index is 13.8. The van der Waals surface area contributed by atoms with Gasteiger partial charge in [-0.15, -0.1) is 0 Å². The van der Waals surface area contributed by atoms with Crippen LogP contribution in [0.2, 0.25) is 10.0 Å². The van der Waals surface area contributed by atoms with E-state index in [1.54, 1.807) is 19.2 Å². The molecule has 10 heteroatoms. The molecule has 1 aliphatic rings. The summed E-state index contributed by atoms with van der Waals surface area (Å²) >= 11 is 12.2. The van der Waals surface area contributed by atoms with E-state index >= 15 is 0 Å². The summed E-state index contributed by atoms with van der Waals surface area (Å²) in [6.07, 6.45) is 3.32. The normalized spacial score (nSPS) is 15.0. The lowest BCUT2D eigenvalue weighted by atomic mass is 10.1. The van der Waals surface area contributed by atoms with Gasteiger partial charge in [0.15, 0.2) is 11.6 Å². The molecular formula is C21H26Cl2FN5O2. The molecule has 1 aromatic carbocycles. The number of benzene rings is 1. The van der Waals surface area contributed by atoms with Crippen LogP contribution in [0.4, 0.5) is 15.0 Å². The predicted octanol–water partition coefficient (Wildman–Crippen LogP) is 4.14. The van der Waals surface area contributed by atoms with Crippen molar-refractivity contribution in [2.24, 2.45) is 0 Å². The van der Waals surface area contributed by atoms with Gasteiger partial charge in [-0.1, -0.05) is 23.2 Å². The van der Waals surface area contributed by atoms with Crippen molar-refractivity contribution >= 4 is 35.1 Å². The molecule has 0 bridgehead atoms. The van der Waals surface area contributed by atoms with Crippen molar-refractivity contribution in [3.63, 3.8) is 0 Å². The summed E-state index contributed by atoms with van der Waals surface area (Å²) in [5.41, 5.74) is 6.94. The van der Waals surface area contributed by atoms with E-state index in [0.717, 1.165) is 19.6 Å². The maximum Gasteiger partial charge on any atom is 0.315 e. The summed E-state index contributed by atoms with van der Waals surface area (Å²) in [6, 6.07) is 4.02. The highest BCUT2D eigenvalue weighted by atomic mass is 35.5. The van der Waals surface area contributed by atoms with Gasteiger partial charge in [0.05, 0.1) is 5.02 Å². The minimum absolute atomic E-state index is 0.102. The fraction of sp³-hybridized carbons (Fsp3) is 0.429. The molecule has 0 saturated carbocycles. The molecule has 0 radical (unpaired) electrons. The molecule has 2 heterocycles. The average molecular weight is 470 g/mol. The van der Waals surface area contributed by atoms with E-state index < -0.39 is 11.9 Å². The molecule has 168 valence electrons. The molecule has 1 unspecified atom stereocenters. The molecule has 1 aromatic heterocycles. The Hall–Kier alpha value is -2.29. The zero-order valence-corrected chi connectivity index (χ0v) is 18.8. The van der Waals surface area contributed by atoms with Crippen LogP contribution in [0.25, 0.3) is 0 Å². The van der Waals surface area contributed by atoms with Crippen LogP contribution in [0, 0.1) is 5.82 Å². The van der Waals surface area contributed by atoms with Crippen LogP contribution < -0.4 is 21.1 Å². The molecule has 4 N–H and O–H groups in total. The number of anilines is 1. The number of carbonyl (C=O) groups excluding carboxylic acids is 1. The molecule has 7 nitrogen and oxygen atoms in total. The zero-order chi connectivity index (χ0) is 22.4. The summed E-state index contributed by atoms with van der Waals surface area (Å²) < 4.78 is 19.7. The highest BCUT2D eigenvalue weighted by Crippen LogP contribution is 2.35. The van der Waals surface area contributed by atoms with Crippen LogP contribution in [0.5, 0.6) is 5.75 Å².